The van der Waals surface area contributed by atoms with Crippen molar-refractivity contribution in [3.8, 4) is 0 Å². The van der Waals surface area contributed by atoms with Crippen LogP contribution in [0.2, 0.25) is 5.15 Å². The van der Waals surface area contributed by atoms with Gasteiger partial charge >= 0.3 is 0 Å². The molecule has 98 valence electrons. The van der Waals surface area contributed by atoms with Gasteiger partial charge in [-0.3, -0.25) is 4.68 Å². The maximum Gasteiger partial charge on any atom is 0.130 e. The SMILES string of the molecule is CNC(C)C(Cc1c(C)nn(C)c1Cl)C(C)C. The summed E-state index contributed by atoms with van der Waals surface area (Å²) in [6.45, 7) is 8.78. The lowest BCUT2D eigenvalue weighted by molar-refractivity contribution is 0.300. The molecule has 0 saturated heterocycles. The van der Waals surface area contributed by atoms with Gasteiger partial charge in [0.05, 0.1) is 5.69 Å². The van der Waals surface area contributed by atoms with Crippen LogP contribution in [0.1, 0.15) is 32.0 Å². The standard InChI is InChI=1S/C13H24ClN3/c1-8(2)11(9(3)15-5)7-12-10(4)16-17(6)13(12)14/h8-9,11,15H,7H2,1-6H3. The van der Waals surface area contributed by atoms with Gasteiger partial charge in [0.25, 0.3) is 0 Å². The molecule has 17 heavy (non-hydrogen) atoms. The van der Waals surface area contributed by atoms with Crippen LogP contribution in [0.15, 0.2) is 0 Å². The summed E-state index contributed by atoms with van der Waals surface area (Å²) >= 11 is 6.29. The highest BCUT2D eigenvalue weighted by atomic mass is 35.5. The van der Waals surface area contributed by atoms with Crippen molar-refractivity contribution in [2.45, 2.75) is 40.2 Å². The minimum absolute atomic E-state index is 0.477. The second kappa shape index (κ2) is 5.87. The van der Waals surface area contributed by atoms with Crippen molar-refractivity contribution in [3.05, 3.63) is 16.4 Å². The summed E-state index contributed by atoms with van der Waals surface area (Å²) in [5.74, 6) is 1.19. The van der Waals surface area contributed by atoms with E-state index in [9.17, 15) is 0 Å². The fourth-order valence-electron chi connectivity index (χ4n) is 2.35. The van der Waals surface area contributed by atoms with Gasteiger partial charge in [0.2, 0.25) is 0 Å². The molecular formula is C13H24ClN3. The van der Waals surface area contributed by atoms with Crippen LogP contribution in [0.25, 0.3) is 0 Å². The molecule has 0 fully saturated rings. The summed E-state index contributed by atoms with van der Waals surface area (Å²) in [6, 6.07) is 0.477. The molecule has 1 aromatic heterocycles. The van der Waals surface area contributed by atoms with Gasteiger partial charge in [-0.15, -0.1) is 0 Å². The Kier molecular flexibility index (Phi) is 5.02. The van der Waals surface area contributed by atoms with E-state index < -0.39 is 0 Å². The van der Waals surface area contributed by atoms with E-state index in [-0.39, 0.29) is 0 Å². The monoisotopic (exact) mass is 257 g/mol. The van der Waals surface area contributed by atoms with E-state index in [1.807, 2.05) is 21.0 Å². The van der Waals surface area contributed by atoms with E-state index in [1.54, 1.807) is 4.68 Å². The van der Waals surface area contributed by atoms with E-state index in [0.29, 0.717) is 17.9 Å². The molecule has 2 atom stereocenters. The third-order valence-electron chi connectivity index (χ3n) is 3.66. The molecule has 3 nitrogen and oxygen atoms in total. The Morgan fingerprint density at radius 2 is 1.94 bits per heavy atom. The minimum atomic E-state index is 0.477. The van der Waals surface area contributed by atoms with Gasteiger partial charge < -0.3 is 5.32 Å². The normalized spacial score (nSPS) is 15.3. The summed E-state index contributed by atoms with van der Waals surface area (Å²) in [5.41, 5.74) is 2.24. The average Bonchev–Trinajstić information content (AvgIpc) is 2.49. The zero-order valence-electron chi connectivity index (χ0n) is 11.7. The van der Waals surface area contributed by atoms with Gasteiger partial charge in [0, 0.05) is 18.7 Å². The van der Waals surface area contributed by atoms with Crippen LogP contribution in [0.4, 0.5) is 0 Å². The summed E-state index contributed by atoms with van der Waals surface area (Å²) in [5, 5.41) is 8.49. The van der Waals surface area contributed by atoms with Crippen molar-refractivity contribution in [3.63, 3.8) is 0 Å². The number of hydrogen-bond donors (Lipinski definition) is 1. The van der Waals surface area contributed by atoms with E-state index in [4.69, 9.17) is 11.6 Å². The molecule has 1 aromatic rings. The molecule has 0 aliphatic rings. The van der Waals surface area contributed by atoms with Gasteiger partial charge in [0.1, 0.15) is 5.15 Å². The van der Waals surface area contributed by atoms with Crippen molar-refractivity contribution in [2.24, 2.45) is 18.9 Å². The van der Waals surface area contributed by atoms with Gasteiger partial charge in [-0.1, -0.05) is 25.4 Å². The summed E-state index contributed by atoms with van der Waals surface area (Å²) in [4.78, 5) is 0. The van der Waals surface area contributed by atoms with E-state index in [1.165, 1.54) is 5.56 Å². The topological polar surface area (TPSA) is 29.9 Å². The Bertz CT molecular complexity index is 371. The quantitative estimate of drug-likeness (QED) is 0.879. The molecular weight excluding hydrogens is 234 g/mol. The third-order valence-corrected chi connectivity index (χ3v) is 4.14. The van der Waals surface area contributed by atoms with Crippen LogP contribution in [-0.2, 0) is 13.5 Å². The second-order valence-electron chi connectivity index (χ2n) is 5.17. The highest BCUT2D eigenvalue weighted by Crippen LogP contribution is 2.27. The number of nitrogens with zero attached hydrogens (tertiary/aromatic N) is 2. The predicted molar refractivity (Wildman–Crippen MR) is 73.5 cm³/mol. The Labute approximate surface area is 110 Å². The first-order valence-corrected chi connectivity index (χ1v) is 6.61. The molecule has 2 unspecified atom stereocenters. The van der Waals surface area contributed by atoms with Crippen molar-refractivity contribution in [2.75, 3.05) is 7.05 Å². The number of aromatic nitrogens is 2. The lowest BCUT2D eigenvalue weighted by atomic mass is 9.84. The molecule has 1 heterocycles. The molecule has 0 aliphatic carbocycles. The largest absolute Gasteiger partial charge is 0.317 e. The fourth-order valence-corrected chi connectivity index (χ4v) is 2.60. The summed E-state index contributed by atoms with van der Waals surface area (Å²) in [6.07, 6.45) is 0.984. The Morgan fingerprint density at radius 1 is 1.35 bits per heavy atom. The lowest BCUT2D eigenvalue weighted by Crippen LogP contribution is -2.35. The molecule has 1 N–H and O–H groups in total. The number of aryl methyl sites for hydroxylation is 2. The second-order valence-corrected chi connectivity index (χ2v) is 5.53. The zero-order valence-corrected chi connectivity index (χ0v) is 12.5. The maximum absolute atomic E-state index is 6.29. The number of nitrogens with one attached hydrogen (secondary N) is 1. The average molecular weight is 258 g/mol. The van der Waals surface area contributed by atoms with Gasteiger partial charge in [-0.05, 0) is 39.2 Å². The molecule has 0 bridgehead atoms. The van der Waals surface area contributed by atoms with Gasteiger partial charge in [0.15, 0.2) is 0 Å². The molecule has 1 rings (SSSR count). The Hall–Kier alpha value is -0.540. The summed E-state index contributed by atoms with van der Waals surface area (Å²) in [7, 11) is 3.91. The van der Waals surface area contributed by atoms with Gasteiger partial charge in [-0.25, -0.2) is 0 Å². The van der Waals surface area contributed by atoms with Crippen LogP contribution in [0, 0.1) is 18.8 Å². The smallest absolute Gasteiger partial charge is 0.130 e. The van der Waals surface area contributed by atoms with E-state index >= 15 is 0 Å². The minimum Gasteiger partial charge on any atom is -0.317 e. The van der Waals surface area contributed by atoms with E-state index in [0.717, 1.165) is 17.3 Å². The van der Waals surface area contributed by atoms with Crippen LogP contribution < -0.4 is 5.32 Å². The zero-order chi connectivity index (χ0) is 13.2. The molecule has 0 amide bonds. The van der Waals surface area contributed by atoms with Crippen LogP contribution in [0.5, 0.6) is 0 Å². The highest BCUT2D eigenvalue weighted by Gasteiger charge is 2.23. The molecule has 0 aliphatic heterocycles. The predicted octanol–water partition coefficient (Wildman–Crippen LogP) is 2.80. The molecule has 0 spiro atoms. The summed E-state index contributed by atoms with van der Waals surface area (Å²) < 4.78 is 1.76. The molecule has 0 aromatic carbocycles. The van der Waals surface area contributed by atoms with Crippen LogP contribution in [-0.4, -0.2) is 22.9 Å². The first-order valence-electron chi connectivity index (χ1n) is 6.23. The molecule has 0 saturated carbocycles. The fraction of sp³-hybridized carbons (Fsp3) is 0.769. The number of rotatable bonds is 5. The number of hydrogen-bond acceptors (Lipinski definition) is 2. The first kappa shape index (κ1) is 14.5. The van der Waals surface area contributed by atoms with Crippen LogP contribution >= 0.6 is 11.6 Å². The van der Waals surface area contributed by atoms with Crippen molar-refractivity contribution >= 4 is 11.6 Å². The first-order chi connectivity index (χ1) is 7.88. The van der Waals surface area contributed by atoms with Crippen LogP contribution in [0.3, 0.4) is 0 Å². The Balaban J connectivity index is 2.93. The maximum atomic E-state index is 6.29. The molecule has 4 heteroatoms. The van der Waals surface area contributed by atoms with Crippen molar-refractivity contribution in [1.82, 2.24) is 15.1 Å². The van der Waals surface area contributed by atoms with Crippen molar-refractivity contribution in [1.29, 1.82) is 0 Å². The van der Waals surface area contributed by atoms with Crippen molar-refractivity contribution < 1.29 is 0 Å². The third kappa shape index (κ3) is 3.23. The highest BCUT2D eigenvalue weighted by molar-refractivity contribution is 6.30. The molecule has 0 radical (unpaired) electrons. The number of halogens is 1. The van der Waals surface area contributed by atoms with E-state index in [2.05, 4.69) is 31.2 Å². The van der Waals surface area contributed by atoms with Gasteiger partial charge in [-0.2, -0.15) is 5.10 Å². The Morgan fingerprint density at radius 3 is 2.29 bits per heavy atom. The lowest BCUT2D eigenvalue weighted by Gasteiger charge is -2.27.